The number of pyridine rings is 1. The van der Waals surface area contributed by atoms with E-state index in [1.54, 1.807) is 12.1 Å². The van der Waals surface area contributed by atoms with Gasteiger partial charge in [0.2, 0.25) is 0 Å². The third-order valence-corrected chi connectivity index (χ3v) is 2.24. The maximum atomic E-state index is 9.50. The Morgan fingerprint density at radius 1 is 1.21 bits per heavy atom. The molecule has 14 heavy (non-hydrogen) atoms. The van der Waals surface area contributed by atoms with Crippen molar-refractivity contribution in [2.75, 3.05) is 0 Å². The molecule has 1 heterocycles. The number of fused-ring (bicyclic) bond motifs is 1. The van der Waals surface area contributed by atoms with Crippen molar-refractivity contribution in [2.45, 2.75) is 13.5 Å². The molecule has 0 atom stereocenters. The Bertz CT molecular complexity index is 475. The van der Waals surface area contributed by atoms with Crippen LogP contribution in [0.1, 0.15) is 11.3 Å². The molecular formula is C11H11NO2. The minimum atomic E-state index is -0.195. The van der Waals surface area contributed by atoms with E-state index in [-0.39, 0.29) is 12.4 Å². The number of aryl methyl sites for hydroxylation is 1. The van der Waals surface area contributed by atoms with Crippen molar-refractivity contribution in [1.29, 1.82) is 0 Å². The van der Waals surface area contributed by atoms with Gasteiger partial charge in [0.05, 0.1) is 12.1 Å². The van der Waals surface area contributed by atoms with Gasteiger partial charge in [-0.25, -0.2) is 0 Å². The summed E-state index contributed by atoms with van der Waals surface area (Å²) in [5.74, 6) is 0.0955. The van der Waals surface area contributed by atoms with E-state index in [0.717, 1.165) is 11.1 Å². The highest BCUT2D eigenvalue weighted by atomic mass is 16.3. The number of nitrogens with zero attached hydrogens (tertiary/aromatic N) is 1. The normalized spacial score (nSPS) is 10.7. The average Bonchev–Trinajstić information content (AvgIpc) is 2.17. The van der Waals surface area contributed by atoms with Crippen LogP contribution >= 0.6 is 0 Å². The fourth-order valence-corrected chi connectivity index (χ4v) is 1.49. The van der Waals surface area contributed by atoms with Gasteiger partial charge < -0.3 is 10.2 Å². The zero-order valence-electron chi connectivity index (χ0n) is 7.86. The molecule has 0 saturated carbocycles. The molecule has 0 amide bonds. The number of aliphatic hydroxyl groups is 1. The van der Waals surface area contributed by atoms with Gasteiger partial charge in [0.25, 0.3) is 0 Å². The highest BCUT2D eigenvalue weighted by Crippen LogP contribution is 2.25. The summed E-state index contributed by atoms with van der Waals surface area (Å²) >= 11 is 0. The Kier molecular flexibility index (Phi) is 2.09. The van der Waals surface area contributed by atoms with Gasteiger partial charge in [0, 0.05) is 16.6 Å². The molecule has 0 radical (unpaired) electrons. The first-order chi connectivity index (χ1) is 6.72. The minimum absolute atomic E-state index is 0.0955. The third-order valence-electron chi connectivity index (χ3n) is 2.24. The van der Waals surface area contributed by atoms with Gasteiger partial charge in [-0.05, 0) is 25.1 Å². The molecular weight excluding hydrogens is 178 g/mol. The molecule has 3 nitrogen and oxygen atoms in total. The van der Waals surface area contributed by atoms with E-state index in [4.69, 9.17) is 5.11 Å². The maximum Gasteiger partial charge on any atom is 0.123 e. The van der Waals surface area contributed by atoms with Gasteiger partial charge in [0.1, 0.15) is 5.75 Å². The molecule has 0 bridgehead atoms. The van der Waals surface area contributed by atoms with Crippen LogP contribution in [-0.2, 0) is 6.61 Å². The van der Waals surface area contributed by atoms with Crippen LogP contribution in [0.3, 0.4) is 0 Å². The highest BCUT2D eigenvalue weighted by molar-refractivity contribution is 5.84. The number of aromatic hydroxyl groups is 1. The second-order valence-electron chi connectivity index (χ2n) is 3.25. The molecule has 1 aromatic carbocycles. The molecule has 1 aromatic heterocycles. The van der Waals surface area contributed by atoms with E-state index in [1.165, 1.54) is 0 Å². The molecule has 0 unspecified atom stereocenters. The molecule has 2 N–H and O–H groups in total. The number of hydrogen-bond donors (Lipinski definition) is 2. The summed E-state index contributed by atoms with van der Waals surface area (Å²) in [5.41, 5.74) is 2.04. The molecule has 0 aliphatic carbocycles. The van der Waals surface area contributed by atoms with E-state index in [9.17, 15) is 5.11 Å². The number of rotatable bonds is 1. The first-order valence-electron chi connectivity index (χ1n) is 4.41. The van der Waals surface area contributed by atoms with Crippen LogP contribution in [0.15, 0.2) is 24.3 Å². The van der Waals surface area contributed by atoms with Crippen LogP contribution < -0.4 is 0 Å². The van der Waals surface area contributed by atoms with Crippen molar-refractivity contribution < 1.29 is 10.2 Å². The molecule has 0 aliphatic heterocycles. The zero-order valence-corrected chi connectivity index (χ0v) is 7.86. The lowest BCUT2D eigenvalue weighted by Gasteiger charge is -2.05. The molecule has 0 spiro atoms. The van der Waals surface area contributed by atoms with E-state index in [2.05, 4.69) is 4.98 Å². The fraction of sp³-hybridized carbons (Fsp3) is 0.182. The summed E-state index contributed by atoms with van der Waals surface area (Å²) in [6.07, 6.45) is 0. The van der Waals surface area contributed by atoms with E-state index in [1.807, 2.05) is 19.1 Å². The quantitative estimate of drug-likeness (QED) is 0.718. The summed E-state index contributed by atoms with van der Waals surface area (Å²) in [6, 6.07) is 7.19. The molecule has 0 fully saturated rings. The van der Waals surface area contributed by atoms with Gasteiger partial charge in [0.15, 0.2) is 0 Å². The third kappa shape index (κ3) is 1.32. The highest BCUT2D eigenvalue weighted by Gasteiger charge is 2.06. The van der Waals surface area contributed by atoms with Crippen molar-refractivity contribution in [3.8, 4) is 5.75 Å². The topological polar surface area (TPSA) is 53.4 Å². The Morgan fingerprint density at radius 3 is 2.64 bits per heavy atom. The van der Waals surface area contributed by atoms with Crippen LogP contribution in [0.5, 0.6) is 5.75 Å². The summed E-state index contributed by atoms with van der Waals surface area (Å²) in [6.45, 7) is 1.68. The predicted molar refractivity (Wildman–Crippen MR) is 54.1 cm³/mol. The van der Waals surface area contributed by atoms with Crippen LogP contribution in [0.4, 0.5) is 0 Å². The zero-order chi connectivity index (χ0) is 10.1. The van der Waals surface area contributed by atoms with Crippen molar-refractivity contribution in [1.82, 2.24) is 4.98 Å². The number of phenols is 1. The lowest BCUT2D eigenvalue weighted by molar-refractivity contribution is 0.277. The summed E-state index contributed by atoms with van der Waals surface area (Å²) in [7, 11) is 0. The molecule has 72 valence electrons. The number of aromatic nitrogens is 1. The van der Waals surface area contributed by atoms with Crippen LogP contribution in [0.2, 0.25) is 0 Å². The Morgan fingerprint density at radius 2 is 1.93 bits per heavy atom. The predicted octanol–water partition coefficient (Wildman–Crippen LogP) is 1.74. The number of benzene rings is 1. The molecule has 3 heteroatoms. The standard InChI is InChI=1S/C11H11NO2/c1-7-2-3-8-4-5-10(14)9(6-13)11(8)12-7/h2-5,13-14H,6H2,1H3. The smallest absolute Gasteiger partial charge is 0.123 e. The van der Waals surface area contributed by atoms with Gasteiger partial charge in [-0.15, -0.1) is 0 Å². The van der Waals surface area contributed by atoms with Gasteiger partial charge in [-0.2, -0.15) is 0 Å². The number of hydrogen-bond acceptors (Lipinski definition) is 3. The molecule has 0 saturated heterocycles. The SMILES string of the molecule is Cc1ccc2ccc(O)c(CO)c2n1. The van der Waals surface area contributed by atoms with Gasteiger partial charge in [-0.3, -0.25) is 4.98 Å². The van der Waals surface area contributed by atoms with Crippen LogP contribution in [-0.4, -0.2) is 15.2 Å². The van der Waals surface area contributed by atoms with Crippen molar-refractivity contribution in [2.24, 2.45) is 0 Å². The van der Waals surface area contributed by atoms with E-state index in [0.29, 0.717) is 11.1 Å². The molecule has 0 aliphatic rings. The second kappa shape index (κ2) is 3.27. The average molecular weight is 189 g/mol. The van der Waals surface area contributed by atoms with Crippen molar-refractivity contribution in [3.63, 3.8) is 0 Å². The monoisotopic (exact) mass is 189 g/mol. The van der Waals surface area contributed by atoms with Gasteiger partial charge >= 0.3 is 0 Å². The Balaban J connectivity index is 2.84. The largest absolute Gasteiger partial charge is 0.508 e. The van der Waals surface area contributed by atoms with E-state index >= 15 is 0 Å². The lowest BCUT2D eigenvalue weighted by Crippen LogP contribution is -1.91. The molecule has 2 rings (SSSR count). The lowest BCUT2D eigenvalue weighted by atomic mass is 10.1. The first kappa shape index (κ1) is 8.97. The Labute approximate surface area is 81.7 Å². The number of aliphatic hydroxyl groups excluding tert-OH is 1. The van der Waals surface area contributed by atoms with Crippen LogP contribution in [0.25, 0.3) is 10.9 Å². The van der Waals surface area contributed by atoms with E-state index < -0.39 is 0 Å². The summed E-state index contributed by atoms with van der Waals surface area (Å²) in [4.78, 5) is 4.29. The van der Waals surface area contributed by atoms with Gasteiger partial charge in [-0.1, -0.05) is 6.07 Å². The summed E-state index contributed by atoms with van der Waals surface area (Å²) < 4.78 is 0. The summed E-state index contributed by atoms with van der Waals surface area (Å²) in [5, 5.41) is 19.5. The fourth-order valence-electron chi connectivity index (χ4n) is 1.49. The molecule has 2 aromatic rings. The van der Waals surface area contributed by atoms with Crippen molar-refractivity contribution >= 4 is 10.9 Å². The Hall–Kier alpha value is -1.61. The first-order valence-corrected chi connectivity index (χ1v) is 4.41. The minimum Gasteiger partial charge on any atom is -0.508 e. The van der Waals surface area contributed by atoms with Crippen molar-refractivity contribution in [3.05, 3.63) is 35.5 Å². The second-order valence-corrected chi connectivity index (χ2v) is 3.25. The van der Waals surface area contributed by atoms with Crippen LogP contribution in [0, 0.1) is 6.92 Å². The maximum absolute atomic E-state index is 9.50.